The normalized spacial score (nSPS) is 25.6. The molecule has 1 saturated heterocycles. The molecule has 1 aliphatic rings. The molecule has 1 aliphatic heterocycles. The molecule has 16 heavy (non-hydrogen) atoms. The number of nitrogens with one attached hydrogen (secondary N) is 1. The van der Waals surface area contributed by atoms with Crippen molar-refractivity contribution in [2.24, 2.45) is 0 Å². The van der Waals surface area contributed by atoms with Crippen molar-refractivity contribution in [2.75, 3.05) is 6.61 Å². The summed E-state index contributed by atoms with van der Waals surface area (Å²) >= 11 is 0. The van der Waals surface area contributed by atoms with E-state index in [9.17, 15) is 0 Å². The predicted octanol–water partition coefficient (Wildman–Crippen LogP) is 2.28. The SMILES string of the molecule is CC1CC(NOCc2ccccc2)CCO1. The van der Waals surface area contributed by atoms with Crippen LogP contribution in [0.1, 0.15) is 25.3 Å². The van der Waals surface area contributed by atoms with Crippen LogP contribution in [-0.2, 0) is 16.2 Å². The molecule has 2 rings (SSSR count). The zero-order valence-corrected chi connectivity index (χ0v) is 9.69. The molecule has 2 unspecified atom stereocenters. The van der Waals surface area contributed by atoms with E-state index >= 15 is 0 Å². The topological polar surface area (TPSA) is 30.5 Å². The van der Waals surface area contributed by atoms with E-state index in [0.717, 1.165) is 19.4 Å². The highest BCUT2D eigenvalue weighted by Crippen LogP contribution is 2.13. The van der Waals surface area contributed by atoms with E-state index in [2.05, 4.69) is 24.5 Å². The third kappa shape index (κ3) is 3.59. The maximum atomic E-state index is 5.50. The van der Waals surface area contributed by atoms with Gasteiger partial charge in [0.2, 0.25) is 0 Å². The fraction of sp³-hybridized carbons (Fsp3) is 0.538. The minimum absolute atomic E-state index is 0.339. The highest BCUT2D eigenvalue weighted by atomic mass is 16.6. The molecule has 0 radical (unpaired) electrons. The van der Waals surface area contributed by atoms with Crippen LogP contribution in [0.3, 0.4) is 0 Å². The summed E-state index contributed by atoms with van der Waals surface area (Å²) in [6, 6.07) is 10.6. The Kier molecular flexibility index (Phi) is 4.34. The van der Waals surface area contributed by atoms with Gasteiger partial charge in [0.15, 0.2) is 0 Å². The second-order valence-electron chi connectivity index (χ2n) is 4.29. The van der Waals surface area contributed by atoms with Crippen molar-refractivity contribution in [1.82, 2.24) is 5.48 Å². The van der Waals surface area contributed by atoms with Crippen molar-refractivity contribution in [1.29, 1.82) is 0 Å². The van der Waals surface area contributed by atoms with Crippen LogP contribution in [0, 0.1) is 0 Å². The molecule has 0 saturated carbocycles. The van der Waals surface area contributed by atoms with Crippen molar-refractivity contribution < 1.29 is 9.57 Å². The summed E-state index contributed by atoms with van der Waals surface area (Å²) in [5.41, 5.74) is 4.31. The third-order valence-corrected chi connectivity index (χ3v) is 2.82. The lowest BCUT2D eigenvalue weighted by Crippen LogP contribution is -2.37. The van der Waals surface area contributed by atoms with Crippen LogP contribution < -0.4 is 5.48 Å². The van der Waals surface area contributed by atoms with E-state index in [4.69, 9.17) is 9.57 Å². The van der Waals surface area contributed by atoms with Crippen molar-refractivity contribution in [3.8, 4) is 0 Å². The first-order valence-electron chi connectivity index (χ1n) is 5.87. The Morgan fingerprint density at radius 1 is 1.38 bits per heavy atom. The summed E-state index contributed by atoms with van der Waals surface area (Å²) < 4.78 is 5.48. The minimum Gasteiger partial charge on any atom is -0.378 e. The zero-order chi connectivity index (χ0) is 11.2. The smallest absolute Gasteiger partial charge is 0.0933 e. The molecule has 0 aromatic heterocycles. The summed E-state index contributed by atoms with van der Waals surface area (Å²) in [5.74, 6) is 0. The lowest BCUT2D eigenvalue weighted by molar-refractivity contribution is -0.0523. The van der Waals surface area contributed by atoms with Gasteiger partial charge in [-0.25, -0.2) is 0 Å². The van der Waals surface area contributed by atoms with Gasteiger partial charge in [0.05, 0.1) is 12.7 Å². The molecule has 0 bridgehead atoms. The third-order valence-electron chi connectivity index (χ3n) is 2.82. The number of benzene rings is 1. The first-order valence-corrected chi connectivity index (χ1v) is 5.87. The van der Waals surface area contributed by atoms with Gasteiger partial charge in [-0.05, 0) is 25.3 Å². The standard InChI is InChI=1S/C13H19NO2/c1-11-9-13(7-8-15-11)14-16-10-12-5-3-2-4-6-12/h2-6,11,13-14H,7-10H2,1H3. The second kappa shape index (κ2) is 5.99. The molecule has 1 heterocycles. The lowest BCUT2D eigenvalue weighted by Gasteiger charge is -2.27. The highest BCUT2D eigenvalue weighted by molar-refractivity contribution is 5.13. The summed E-state index contributed by atoms with van der Waals surface area (Å²) in [4.78, 5) is 5.50. The Labute approximate surface area is 96.7 Å². The Morgan fingerprint density at radius 3 is 2.94 bits per heavy atom. The van der Waals surface area contributed by atoms with Gasteiger partial charge in [0.25, 0.3) is 0 Å². The summed E-state index contributed by atoms with van der Waals surface area (Å²) in [7, 11) is 0. The van der Waals surface area contributed by atoms with E-state index in [1.54, 1.807) is 0 Å². The average molecular weight is 221 g/mol. The molecule has 0 spiro atoms. The van der Waals surface area contributed by atoms with E-state index in [-0.39, 0.29) is 0 Å². The Balaban J connectivity index is 1.68. The first kappa shape index (κ1) is 11.6. The van der Waals surface area contributed by atoms with Gasteiger partial charge in [-0.2, -0.15) is 5.48 Å². The number of rotatable bonds is 4. The predicted molar refractivity (Wildman–Crippen MR) is 62.8 cm³/mol. The zero-order valence-electron chi connectivity index (χ0n) is 9.69. The average Bonchev–Trinajstić information content (AvgIpc) is 2.30. The van der Waals surface area contributed by atoms with Gasteiger partial charge in [0.1, 0.15) is 0 Å². The van der Waals surface area contributed by atoms with Crippen LogP contribution in [-0.4, -0.2) is 18.8 Å². The Morgan fingerprint density at radius 2 is 2.19 bits per heavy atom. The van der Waals surface area contributed by atoms with Crippen molar-refractivity contribution in [3.05, 3.63) is 35.9 Å². The maximum Gasteiger partial charge on any atom is 0.0933 e. The molecule has 1 aromatic rings. The molecular formula is C13H19NO2. The fourth-order valence-corrected chi connectivity index (χ4v) is 1.92. The summed E-state index contributed by atoms with van der Waals surface area (Å²) in [6.45, 7) is 3.55. The maximum absolute atomic E-state index is 5.50. The molecule has 1 fully saturated rings. The molecule has 1 aromatic carbocycles. The minimum atomic E-state index is 0.339. The number of hydroxylamine groups is 1. The molecule has 88 valence electrons. The molecule has 0 aliphatic carbocycles. The van der Waals surface area contributed by atoms with Crippen molar-refractivity contribution >= 4 is 0 Å². The van der Waals surface area contributed by atoms with Crippen LogP contribution in [0.5, 0.6) is 0 Å². The first-order chi connectivity index (χ1) is 7.84. The van der Waals surface area contributed by atoms with Gasteiger partial charge in [-0.15, -0.1) is 0 Å². The number of hydrogen-bond acceptors (Lipinski definition) is 3. The summed E-state index contributed by atoms with van der Waals surface area (Å²) in [6.07, 6.45) is 2.39. The Bertz CT molecular complexity index is 302. The molecule has 0 amide bonds. The Hall–Kier alpha value is -0.900. The van der Waals surface area contributed by atoms with Crippen LogP contribution >= 0.6 is 0 Å². The van der Waals surface area contributed by atoms with E-state index < -0.39 is 0 Å². The number of ether oxygens (including phenoxy) is 1. The second-order valence-corrected chi connectivity index (χ2v) is 4.29. The van der Waals surface area contributed by atoms with Gasteiger partial charge in [-0.3, -0.25) is 4.84 Å². The number of hydrogen-bond donors (Lipinski definition) is 1. The quantitative estimate of drug-likeness (QED) is 0.791. The van der Waals surface area contributed by atoms with E-state index in [1.807, 2.05) is 18.2 Å². The molecule has 3 heteroatoms. The van der Waals surface area contributed by atoms with Crippen LogP contribution in [0.15, 0.2) is 30.3 Å². The molecule has 3 nitrogen and oxygen atoms in total. The lowest BCUT2D eigenvalue weighted by atomic mass is 10.1. The van der Waals surface area contributed by atoms with Crippen LogP contribution in [0.4, 0.5) is 0 Å². The molecular weight excluding hydrogens is 202 g/mol. The summed E-state index contributed by atoms with van der Waals surface area (Å²) in [5, 5.41) is 0. The largest absolute Gasteiger partial charge is 0.378 e. The van der Waals surface area contributed by atoms with E-state index in [0.29, 0.717) is 18.8 Å². The van der Waals surface area contributed by atoms with Gasteiger partial charge >= 0.3 is 0 Å². The van der Waals surface area contributed by atoms with Crippen molar-refractivity contribution in [3.63, 3.8) is 0 Å². The van der Waals surface area contributed by atoms with E-state index in [1.165, 1.54) is 5.56 Å². The van der Waals surface area contributed by atoms with Crippen molar-refractivity contribution in [2.45, 2.75) is 38.5 Å². The monoisotopic (exact) mass is 221 g/mol. The molecule has 1 N–H and O–H groups in total. The van der Waals surface area contributed by atoms with Gasteiger partial charge in [-0.1, -0.05) is 30.3 Å². The van der Waals surface area contributed by atoms with Gasteiger partial charge < -0.3 is 4.74 Å². The van der Waals surface area contributed by atoms with Gasteiger partial charge in [0, 0.05) is 12.6 Å². The van der Waals surface area contributed by atoms with Crippen LogP contribution in [0.25, 0.3) is 0 Å². The molecule has 2 atom stereocenters. The van der Waals surface area contributed by atoms with Crippen LogP contribution in [0.2, 0.25) is 0 Å². The fourth-order valence-electron chi connectivity index (χ4n) is 1.92. The highest BCUT2D eigenvalue weighted by Gasteiger charge is 2.18.